The van der Waals surface area contributed by atoms with Gasteiger partial charge in [-0.05, 0) is 38.0 Å². The summed E-state index contributed by atoms with van der Waals surface area (Å²) in [5, 5.41) is 3.14. The molecule has 0 radical (unpaired) electrons. The molecule has 0 aliphatic carbocycles. The largest absolute Gasteiger partial charge is 0.495 e. The van der Waals surface area contributed by atoms with Gasteiger partial charge in [-0.15, -0.1) is 0 Å². The van der Waals surface area contributed by atoms with Crippen LogP contribution in [0.15, 0.2) is 23.1 Å². The summed E-state index contributed by atoms with van der Waals surface area (Å²) >= 11 is 6.04. The minimum absolute atomic E-state index is 0.0564. The third-order valence-electron chi connectivity index (χ3n) is 4.39. The molecule has 1 aromatic rings. The standard InChI is InChI=1S/C17H25ClN2O5S/c1-12(11-24-2)19-17(21)13-6-8-20(9-7-13)26(22,23)14-4-5-16(25-3)15(18)10-14/h4-5,10,12-13H,6-9,11H2,1-3H3,(H,19,21)/t12-/m0/s1. The molecule has 9 heteroatoms. The molecule has 1 amide bonds. The van der Waals surface area contributed by atoms with Gasteiger partial charge in [0.2, 0.25) is 15.9 Å². The number of amides is 1. The zero-order valence-electron chi connectivity index (χ0n) is 15.2. The Kier molecular flexibility index (Phi) is 7.28. The van der Waals surface area contributed by atoms with Gasteiger partial charge < -0.3 is 14.8 Å². The number of halogens is 1. The van der Waals surface area contributed by atoms with Crippen molar-refractivity contribution in [1.82, 2.24) is 9.62 Å². The van der Waals surface area contributed by atoms with Crippen LogP contribution >= 0.6 is 11.6 Å². The normalized spacial score (nSPS) is 17.7. The first-order chi connectivity index (χ1) is 12.3. The molecule has 146 valence electrons. The minimum Gasteiger partial charge on any atom is -0.495 e. The van der Waals surface area contributed by atoms with Crippen molar-refractivity contribution >= 4 is 27.5 Å². The minimum atomic E-state index is -3.65. The second-order valence-corrected chi connectivity index (χ2v) is 8.68. The summed E-state index contributed by atoms with van der Waals surface area (Å²) in [6.07, 6.45) is 0.962. The fourth-order valence-electron chi connectivity index (χ4n) is 2.97. The van der Waals surface area contributed by atoms with Gasteiger partial charge in [0, 0.05) is 32.2 Å². The fourth-order valence-corrected chi connectivity index (χ4v) is 4.79. The van der Waals surface area contributed by atoms with Crippen molar-refractivity contribution in [3.8, 4) is 5.75 Å². The lowest BCUT2D eigenvalue weighted by Crippen LogP contribution is -2.45. The van der Waals surface area contributed by atoms with Gasteiger partial charge in [-0.2, -0.15) is 4.31 Å². The number of ether oxygens (including phenoxy) is 2. The molecule has 1 N–H and O–H groups in total. The van der Waals surface area contributed by atoms with E-state index >= 15 is 0 Å². The Balaban J connectivity index is 2.00. The molecular formula is C17H25ClN2O5S. The molecule has 0 spiro atoms. The van der Waals surface area contributed by atoms with E-state index in [0.29, 0.717) is 38.3 Å². The van der Waals surface area contributed by atoms with Crippen LogP contribution in [0.3, 0.4) is 0 Å². The molecule has 1 heterocycles. The Morgan fingerprint density at radius 2 is 2.00 bits per heavy atom. The molecule has 2 rings (SSSR count). The molecule has 1 atom stereocenters. The topological polar surface area (TPSA) is 84.9 Å². The van der Waals surface area contributed by atoms with Crippen LogP contribution in [0.25, 0.3) is 0 Å². The third kappa shape index (κ3) is 4.88. The molecule has 26 heavy (non-hydrogen) atoms. The molecule has 1 saturated heterocycles. The maximum absolute atomic E-state index is 12.8. The van der Waals surface area contributed by atoms with Crippen molar-refractivity contribution in [3.05, 3.63) is 23.2 Å². The summed E-state index contributed by atoms with van der Waals surface area (Å²) < 4.78 is 37.0. The van der Waals surface area contributed by atoms with Crippen molar-refractivity contribution < 1.29 is 22.7 Å². The number of hydrogen-bond acceptors (Lipinski definition) is 5. The average molecular weight is 405 g/mol. The highest BCUT2D eigenvalue weighted by molar-refractivity contribution is 7.89. The van der Waals surface area contributed by atoms with Crippen LogP contribution in [-0.2, 0) is 19.6 Å². The second kappa shape index (κ2) is 9.03. The number of nitrogens with zero attached hydrogens (tertiary/aromatic N) is 1. The van der Waals surface area contributed by atoms with E-state index in [1.54, 1.807) is 7.11 Å². The van der Waals surface area contributed by atoms with Crippen LogP contribution in [-0.4, -0.2) is 58.6 Å². The van der Waals surface area contributed by atoms with Crippen molar-refractivity contribution in [1.29, 1.82) is 0 Å². The number of carbonyl (C=O) groups is 1. The summed E-state index contributed by atoms with van der Waals surface area (Å²) in [6.45, 7) is 2.90. The van der Waals surface area contributed by atoms with E-state index in [2.05, 4.69) is 5.32 Å². The molecule has 0 bridgehead atoms. The number of methoxy groups -OCH3 is 2. The maximum atomic E-state index is 12.8. The lowest BCUT2D eigenvalue weighted by molar-refractivity contribution is -0.127. The molecule has 1 fully saturated rings. The van der Waals surface area contributed by atoms with Crippen molar-refractivity contribution in [2.75, 3.05) is 33.9 Å². The van der Waals surface area contributed by atoms with Crippen LogP contribution in [0.1, 0.15) is 19.8 Å². The molecular weight excluding hydrogens is 380 g/mol. The number of rotatable bonds is 7. The monoisotopic (exact) mass is 404 g/mol. The third-order valence-corrected chi connectivity index (χ3v) is 6.58. The number of piperidine rings is 1. The fraction of sp³-hybridized carbons (Fsp3) is 0.588. The summed E-state index contributed by atoms with van der Waals surface area (Å²) in [5.41, 5.74) is 0. The Morgan fingerprint density at radius 3 is 2.54 bits per heavy atom. The molecule has 1 aliphatic heterocycles. The SMILES string of the molecule is COC[C@H](C)NC(=O)C1CCN(S(=O)(=O)c2ccc(OC)c(Cl)c2)CC1. The van der Waals surface area contributed by atoms with Crippen LogP contribution in [0, 0.1) is 5.92 Å². The van der Waals surface area contributed by atoms with E-state index in [9.17, 15) is 13.2 Å². The van der Waals surface area contributed by atoms with Gasteiger partial charge in [-0.1, -0.05) is 11.6 Å². The smallest absolute Gasteiger partial charge is 0.243 e. The highest BCUT2D eigenvalue weighted by Gasteiger charge is 2.32. The van der Waals surface area contributed by atoms with E-state index < -0.39 is 10.0 Å². The number of carbonyl (C=O) groups excluding carboxylic acids is 1. The second-order valence-electron chi connectivity index (χ2n) is 6.34. The maximum Gasteiger partial charge on any atom is 0.243 e. The van der Waals surface area contributed by atoms with Gasteiger partial charge in [-0.25, -0.2) is 8.42 Å². The number of hydrogen-bond donors (Lipinski definition) is 1. The summed E-state index contributed by atoms with van der Waals surface area (Å²) in [5.74, 6) is 0.172. The predicted molar refractivity (Wildman–Crippen MR) is 99.0 cm³/mol. The van der Waals surface area contributed by atoms with E-state index in [4.69, 9.17) is 21.1 Å². The lowest BCUT2D eigenvalue weighted by Gasteiger charge is -2.31. The van der Waals surface area contributed by atoms with Crippen LogP contribution in [0.4, 0.5) is 0 Å². The first-order valence-electron chi connectivity index (χ1n) is 8.42. The molecule has 1 aliphatic rings. The van der Waals surface area contributed by atoms with Gasteiger partial charge in [0.1, 0.15) is 5.75 Å². The van der Waals surface area contributed by atoms with Crippen molar-refractivity contribution in [3.63, 3.8) is 0 Å². The molecule has 1 aromatic carbocycles. The van der Waals surface area contributed by atoms with E-state index in [1.807, 2.05) is 6.92 Å². The summed E-state index contributed by atoms with van der Waals surface area (Å²) in [6, 6.07) is 4.33. The Bertz CT molecular complexity index is 733. The number of nitrogens with one attached hydrogen (secondary N) is 1. The van der Waals surface area contributed by atoms with Gasteiger partial charge in [0.25, 0.3) is 0 Å². The summed E-state index contributed by atoms with van der Waals surface area (Å²) in [7, 11) is -0.597. The summed E-state index contributed by atoms with van der Waals surface area (Å²) in [4.78, 5) is 12.4. The Hall–Kier alpha value is -1.35. The van der Waals surface area contributed by atoms with Crippen LogP contribution < -0.4 is 10.1 Å². The van der Waals surface area contributed by atoms with Gasteiger partial charge >= 0.3 is 0 Å². The van der Waals surface area contributed by atoms with Crippen molar-refractivity contribution in [2.24, 2.45) is 5.92 Å². The number of benzene rings is 1. The number of sulfonamides is 1. The molecule has 0 aromatic heterocycles. The first-order valence-corrected chi connectivity index (χ1v) is 10.2. The van der Waals surface area contributed by atoms with Gasteiger partial charge in [0.05, 0.1) is 23.6 Å². The first kappa shape index (κ1) is 21.0. The zero-order valence-corrected chi connectivity index (χ0v) is 16.8. The highest BCUT2D eigenvalue weighted by Crippen LogP contribution is 2.30. The van der Waals surface area contributed by atoms with Gasteiger partial charge in [0.15, 0.2) is 0 Å². The lowest BCUT2D eigenvalue weighted by atomic mass is 9.97. The predicted octanol–water partition coefficient (Wildman–Crippen LogP) is 1.90. The molecule has 7 nitrogen and oxygen atoms in total. The van der Waals surface area contributed by atoms with Crippen LogP contribution in [0.2, 0.25) is 5.02 Å². The molecule has 0 saturated carbocycles. The zero-order chi connectivity index (χ0) is 19.3. The van der Waals surface area contributed by atoms with Crippen molar-refractivity contribution in [2.45, 2.75) is 30.7 Å². The van der Waals surface area contributed by atoms with E-state index in [1.165, 1.54) is 29.6 Å². The Morgan fingerprint density at radius 1 is 1.35 bits per heavy atom. The molecule has 0 unspecified atom stereocenters. The average Bonchev–Trinajstić information content (AvgIpc) is 2.61. The van der Waals surface area contributed by atoms with Crippen LogP contribution in [0.5, 0.6) is 5.75 Å². The van der Waals surface area contributed by atoms with Gasteiger partial charge in [-0.3, -0.25) is 4.79 Å². The van der Waals surface area contributed by atoms with E-state index in [-0.39, 0.29) is 27.8 Å². The Labute approximate surface area is 159 Å². The quantitative estimate of drug-likeness (QED) is 0.750. The van der Waals surface area contributed by atoms with E-state index in [0.717, 1.165) is 0 Å². The highest BCUT2D eigenvalue weighted by atomic mass is 35.5.